The minimum absolute atomic E-state index is 0.0104. The van der Waals surface area contributed by atoms with Crippen LogP contribution in [0.15, 0.2) is 23.2 Å². The molecule has 9 heteroatoms. The minimum Gasteiger partial charge on any atom is -0.388 e. The van der Waals surface area contributed by atoms with Crippen LogP contribution in [0.2, 0.25) is 0 Å². The average molecular weight is 302 g/mol. The molecule has 5 N–H and O–H groups in total. The van der Waals surface area contributed by atoms with Crippen LogP contribution < -0.4 is 16.2 Å². The van der Waals surface area contributed by atoms with Gasteiger partial charge in [0.2, 0.25) is 15.9 Å². The molecule has 1 aromatic rings. The van der Waals surface area contributed by atoms with Gasteiger partial charge in [0, 0.05) is 18.7 Å². The van der Waals surface area contributed by atoms with E-state index in [0.29, 0.717) is 0 Å². The molecule has 0 spiro atoms. The lowest BCUT2D eigenvalue weighted by atomic mass is 10.2. The van der Waals surface area contributed by atoms with Crippen LogP contribution in [0.1, 0.15) is 19.0 Å². The van der Waals surface area contributed by atoms with Crippen molar-refractivity contribution in [3.05, 3.63) is 24.0 Å². The van der Waals surface area contributed by atoms with Crippen LogP contribution in [0, 0.1) is 0 Å². The van der Waals surface area contributed by atoms with E-state index < -0.39 is 22.0 Å². The van der Waals surface area contributed by atoms with E-state index in [-0.39, 0.29) is 22.0 Å². The highest BCUT2D eigenvalue weighted by atomic mass is 32.2. The Morgan fingerprint density at radius 1 is 1.53 bits per heavy atom. The van der Waals surface area contributed by atoms with Gasteiger partial charge in [-0.05, 0) is 19.1 Å². The molecule has 104 valence electrons. The highest BCUT2D eigenvalue weighted by molar-refractivity contribution is 7.89. The van der Waals surface area contributed by atoms with E-state index in [1.807, 2.05) is 0 Å². The van der Waals surface area contributed by atoms with Crippen molar-refractivity contribution < 1.29 is 13.2 Å². The zero-order valence-electron chi connectivity index (χ0n) is 10.2. The first kappa shape index (κ1) is 15.5. The molecule has 19 heavy (non-hydrogen) atoms. The van der Waals surface area contributed by atoms with Crippen molar-refractivity contribution in [2.75, 3.05) is 0 Å². The molecular formula is C10H14N4O3S2. The van der Waals surface area contributed by atoms with Gasteiger partial charge in [0.25, 0.3) is 0 Å². The summed E-state index contributed by atoms with van der Waals surface area (Å²) in [6.07, 6.45) is 1.28. The molecule has 0 saturated carbocycles. The summed E-state index contributed by atoms with van der Waals surface area (Å²) in [4.78, 5) is 14.3. The van der Waals surface area contributed by atoms with Gasteiger partial charge in [-0.1, -0.05) is 12.2 Å². The molecule has 0 fully saturated rings. The number of carbonyl (C=O) groups excluding carboxylic acids is 1. The van der Waals surface area contributed by atoms with Crippen molar-refractivity contribution in [1.82, 2.24) is 9.71 Å². The van der Waals surface area contributed by atoms with Gasteiger partial charge in [0.05, 0.1) is 0 Å². The molecule has 0 bridgehead atoms. The Bertz CT molecular complexity index is 601. The fourth-order valence-electron chi connectivity index (χ4n) is 1.46. The Morgan fingerprint density at radius 2 is 2.16 bits per heavy atom. The molecule has 1 rings (SSSR count). The number of nitrogens with one attached hydrogen (secondary N) is 1. The molecule has 0 radical (unpaired) electrons. The SMILES string of the molecule is CC(CC(N)=O)NS(=O)(=O)c1cccnc1C(N)=S. The summed E-state index contributed by atoms with van der Waals surface area (Å²) < 4.78 is 26.6. The van der Waals surface area contributed by atoms with Gasteiger partial charge < -0.3 is 11.5 Å². The lowest BCUT2D eigenvalue weighted by Crippen LogP contribution is -2.36. The quantitative estimate of drug-likeness (QED) is 0.594. The first-order valence-electron chi connectivity index (χ1n) is 5.29. The number of nitrogens with two attached hydrogens (primary N) is 2. The number of rotatable bonds is 6. The largest absolute Gasteiger partial charge is 0.388 e. The maximum atomic E-state index is 12.1. The van der Waals surface area contributed by atoms with E-state index in [0.717, 1.165) is 0 Å². The van der Waals surface area contributed by atoms with E-state index in [2.05, 4.69) is 9.71 Å². The van der Waals surface area contributed by atoms with Gasteiger partial charge in [-0.15, -0.1) is 0 Å². The maximum Gasteiger partial charge on any atom is 0.243 e. The van der Waals surface area contributed by atoms with Crippen molar-refractivity contribution >= 4 is 33.1 Å². The normalized spacial score (nSPS) is 12.9. The molecule has 0 aliphatic rings. The number of hydrogen-bond acceptors (Lipinski definition) is 5. The number of primary amides is 1. The topological polar surface area (TPSA) is 128 Å². The number of carbonyl (C=O) groups is 1. The van der Waals surface area contributed by atoms with E-state index in [1.54, 1.807) is 0 Å². The number of amides is 1. The predicted molar refractivity (Wildman–Crippen MR) is 73.7 cm³/mol. The second kappa shape index (κ2) is 6.04. The van der Waals surface area contributed by atoms with Gasteiger partial charge in [0.1, 0.15) is 15.6 Å². The summed E-state index contributed by atoms with van der Waals surface area (Å²) in [6, 6.07) is 2.15. The summed E-state index contributed by atoms with van der Waals surface area (Å²) in [7, 11) is -3.87. The van der Waals surface area contributed by atoms with E-state index in [4.69, 9.17) is 23.7 Å². The van der Waals surface area contributed by atoms with Crippen molar-refractivity contribution in [3.63, 3.8) is 0 Å². The van der Waals surface area contributed by atoms with Gasteiger partial charge in [-0.2, -0.15) is 0 Å². The summed E-state index contributed by atoms with van der Waals surface area (Å²) in [5.74, 6) is -0.601. The first-order valence-corrected chi connectivity index (χ1v) is 7.18. The summed E-state index contributed by atoms with van der Waals surface area (Å²) >= 11 is 4.75. The first-order chi connectivity index (χ1) is 8.74. The molecule has 7 nitrogen and oxygen atoms in total. The van der Waals surface area contributed by atoms with Crippen LogP contribution in [0.4, 0.5) is 0 Å². The summed E-state index contributed by atoms with van der Waals surface area (Å²) in [6.45, 7) is 1.53. The highest BCUT2D eigenvalue weighted by Gasteiger charge is 2.23. The molecule has 0 aliphatic carbocycles. The lowest BCUT2D eigenvalue weighted by molar-refractivity contribution is -0.118. The van der Waals surface area contributed by atoms with Gasteiger partial charge >= 0.3 is 0 Å². The molecule has 1 atom stereocenters. The van der Waals surface area contributed by atoms with Crippen LogP contribution in [-0.4, -0.2) is 30.3 Å². The molecule has 0 aliphatic heterocycles. The maximum absolute atomic E-state index is 12.1. The number of aromatic nitrogens is 1. The highest BCUT2D eigenvalue weighted by Crippen LogP contribution is 2.13. The van der Waals surface area contributed by atoms with Crippen LogP contribution in [0.5, 0.6) is 0 Å². The van der Waals surface area contributed by atoms with E-state index in [9.17, 15) is 13.2 Å². The van der Waals surface area contributed by atoms with Crippen molar-refractivity contribution in [1.29, 1.82) is 0 Å². The second-order valence-corrected chi connectivity index (χ2v) is 6.03. The smallest absolute Gasteiger partial charge is 0.243 e. The van der Waals surface area contributed by atoms with Gasteiger partial charge in [0.15, 0.2) is 0 Å². The van der Waals surface area contributed by atoms with Crippen LogP contribution in [0.25, 0.3) is 0 Å². The Morgan fingerprint density at radius 3 is 2.68 bits per heavy atom. The number of sulfonamides is 1. The van der Waals surface area contributed by atoms with Crippen molar-refractivity contribution in [3.8, 4) is 0 Å². The molecule has 1 unspecified atom stereocenters. The summed E-state index contributed by atoms with van der Waals surface area (Å²) in [5.41, 5.74) is 10.4. The van der Waals surface area contributed by atoms with Gasteiger partial charge in [-0.3, -0.25) is 9.78 Å². The predicted octanol–water partition coefficient (Wildman–Crippen LogP) is -0.742. The van der Waals surface area contributed by atoms with Gasteiger partial charge in [-0.25, -0.2) is 13.1 Å². The standard InChI is InChI=1S/C10H14N4O3S2/c1-6(5-8(11)15)14-19(16,17)7-3-2-4-13-9(7)10(12)18/h2-4,6,14H,5H2,1H3,(H2,11,15)(H2,12,18). The van der Waals surface area contributed by atoms with Crippen molar-refractivity contribution in [2.24, 2.45) is 11.5 Å². The molecule has 0 saturated heterocycles. The average Bonchev–Trinajstić information content (AvgIpc) is 2.26. The zero-order valence-corrected chi connectivity index (χ0v) is 11.8. The number of pyridine rings is 1. The third-order valence-corrected chi connectivity index (χ3v) is 3.97. The number of thiocarbonyl (C=S) groups is 1. The Hall–Kier alpha value is -1.58. The van der Waals surface area contributed by atoms with Crippen LogP contribution in [0.3, 0.4) is 0 Å². The van der Waals surface area contributed by atoms with E-state index in [1.165, 1.54) is 25.3 Å². The Balaban J connectivity index is 3.07. The Labute approximate surface area is 116 Å². The third-order valence-electron chi connectivity index (χ3n) is 2.16. The third kappa shape index (κ3) is 4.23. The molecule has 1 aromatic heterocycles. The zero-order chi connectivity index (χ0) is 14.6. The molecule has 1 amide bonds. The number of hydrogen-bond donors (Lipinski definition) is 3. The molecule has 0 aromatic carbocycles. The lowest BCUT2D eigenvalue weighted by Gasteiger charge is -2.14. The Kier molecular flexibility index (Phi) is 4.92. The fourth-order valence-corrected chi connectivity index (χ4v) is 3.11. The van der Waals surface area contributed by atoms with Crippen LogP contribution >= 0.6 is 12.2 Å². The monoisotopic (exact) mass is 302 g/mol. The minimum atomic E-state index is -3.87. The van der Waals surface area contributed by atoms with Crippen LogP contribution in [-0.2, 0) is 14.8 Å². The molecule has 1 heterocycles. The van der Waals surface area contributed by atoms with E-state index >= 15 is 0 Å². The molecular weight excluding hydrogens is 288 g/mol. The summed E-state index contributed by atoms with van der Waals surface area (Å²) in [5, 5.41) is 0. The van der Waals surface area contributed by atoms with Crippen molar-refractivity contribution in [2.45, 2.75) is 24.3 Å². The fraction of sp³-hybridized carbons (Fsp3) is 0.300. The second-order valence-electron chi connectivity index (χ2n) is 3.91. The number of nitrogens with zero attached hydrogens (tertiary/aromatic N) is 1.